The number of likely N-dealkylation sites (N-methyl/N-ethyl adjacent to an activating group) is 1. The second-order valence-corrected chi connectivity index (χ2v) is 4.67. The maximum absolute atomic E-state index is 12.0. The van der Waals surface area contributed by atoms with Crippen LogP contribution in [0.1, 0.15) is 12.8 Å². The number of carbonyl (C=O) groups is 2. The largest absolute Gasteiger partial charge is 0.490 e. The fourth-order valence-corrected chi connectivity index (χ4v) is 2.17. The third-order valence-electron chi connectivity index (χ3n) is 3.37. The molecule has 0 aliphatic carbocycles. The first-order valence-corrected chi connectivity index (χ1v) is 6.33. The van der Waals surface area contributed by atoms with Crippen molar-refractivity contribution in [3.8, 4) is 5.75 Å². The number of nitro benzene ring substituents is 1. The molecule has 1 aliphatic rings. The Morgan fingerprint density at radius 1 is 1.43 bits per heavy atom. The number of amides is 2. The van der Waals surface area contributed by atoms with E-state index in [-0.39, 0.29) is 29.7 Å². The van der Waals surface area contributed by atoms with Gasteiger partial charge in [-0.25, -0.2) is 0 Å². The number of methoxy groups -OCH3 is 1. The lowest BCUT2D eigenvalue weighted by molar-refractivity contribution is -0.385. The van der Waals surface area contributed by atoms with E-state index in [1.54, 1.807) is 0 Å². The molecule has 1 aromatic carbocycles. The van der Waals surface area contributed by atoms with Crippen molar-refractivity contribution in [2.45, 2.75) is 18.9 Å². The van der Waals surface area contributed by atoms with Gasteiger partial charge in [0.05, 0.1) is 12.0 Å². The molecule has 2 amide bonds. The Morgan fingerprint density at radius 3 is 2.76 bits per heavy atom. The Labute approximate surface area is 120 Å². The van der Waals surface area contributed by atoms with Crippen molar-refractivity contribution in [2.24, 2.45) is 0 Å². The fourth-order valence-electron chi connectivity index (χ4n) is 2.17. The van der Waals surface area contributed by atoms with Gasteiger partial charge in [-0.05, 0) is 12.5 Å². The van der Waals surface area contributed by atoms with Crippen LogP contribution >= 0.6 is 0 Å². The van der Waals surface area contributed by atoms with Gasteiger partial charge in [0, 0.05) is 31.3 Å². The van der Waals surface area contributed by atoms with Crippen LogP contribution in [0.25, 0.3) is 0 Å². The predicted octanol–water partition coefficient (Wildman–Crippen LogP) is 1.16. The highest BCUT2D eigenvalue weighted by atomic mass is 16.6. The zero-order valence-electron chi connectivity index (χ0n) is 11.7. The smallest absolute Gasteiger partial charge is 0.311 e. The number of rotatable bonds is 4. The summed E-state index contributed by atoms with van der Waals surface area (Å²) >= 11 is 0. The molecule has 0 spiro atoms. The first kappa shape index (κ1) is 14.8. The molecule has 1 heterocycles. The third kappa shape index (κ3) is 2.93. The van der Waals surface area contributed by atoms with Gasteiger partial charge in [-0.1, -0.05) is 0 Å². The number of hydrogen-bond donors (Lipinski definition) is 1. The number of carbonyl (C=O) groups excluding carboxylic acids is 2. The summed E-state index contributed by atoms with van der Waals surface area (Å²) in [4.78, 5) is 34.7. The molecular weight excluding hydrogens is 278 g/mol. The Kier molecular flexibility index (Phi) is 4.06. The van der Waals surface area contributed by atoms with E-state index in [1.165, 1.54) is 32.4 Å². The van der Waals surface area contributed by atoms with Gasteiger partial charge >= 0.3 is 5.69 Å². The Balaban J connectivity index is 2.18. The molecule has 1 N–H and O–H groups in total. The Hall–Kier alpha value is -2.64. The zero-order chi connectivity index (χ0) is 15.6. The van der Waals surface area contributed by atoms with Crippen LogP contribution in [-0.2, 0) is 9.59 Å². The van der Waals surface area contributed by atoms with Crippen LogP contribution in [0.15, 0.2) is 18.2 Å². The molecule has 2 rings (SSSR count). The lowest BCUT2D eigenvalue weighted by atomic mass is 10.0. The van der Waals surface area contributed by atoms with Gasteiger partial charge in [0.25, 0.3) is 5.91 Å². The van der Waals surface area contributed by atoms with Crippen LogP contribution in [0.3, 0.4) is 0 Å². The summed E-state index contributed by atoms with van der Waals surface area (Å²) in [6.07, 6.45) is 0.672. The predicted molar refractivity (Wildman–Crippen MR) is 74.1 cm³/mol. The van der Waals surface area contributed by atoms with Gasteiger partial charge < -0.3 is 10.1 Å². The summed E-state index contributed by atoms with van der Waals surface area (Å²) in [5.74, 6) is -0.416. The van der Waals surface area contributed by atoms with Crippen molar-refractivity contribution < 1.29 is 19.2 Å². The molecule has 1 aliphatic heterocycles. The minimum absolute atomic E-state index is 0.109. The number of nitrogens with zero attached hydrogens (tertiary/aromatic N) is 2. The molecule has 0 radical (unpaired) electrons. The van der Waals surface area contributed by atoms with Crippen molar-refractivity contribution in [1.82, 2.24) is 4.90 Å². The van der Waals surface area contributed by atoms with E-state index in [4.69, 9.17) is 4.74 Å². The summed E-state index contributed by atoms with van der Waals surface area (Å²) < 4.78 is 4.97. The maximum atomic E-state index is 12.0. The van der Waals surface area contributed by atoms with E-state index in [9.17, 15) is 19.7 Å². The highest BCUT2D eigenvalue weighted by molar-refractivity contribution is 6.01. The number of imide groups is 1. The number of anilines is 1. The molecule has 112 valence electrons. The number of nitrogens with one attached hydrogen (secondary N) is 1. The summed E-state index contributed by atoms with van der Waals surface area (Å²) in [6.45, 7) is 0. The monoisotopic (exact) mass is 293 g/mol. The number of piperidine rings is 1. The molecule has 8 heteroatoms. The molecule has 1 saturated heterocycles. The van der Waals surface area contributed by atoms with Gasteiger partial charge in [-0.2, -0.15) is 0 Å². The van der Waals surface area contributed by atoms with Crippen LogP contribution in [-0.4, -0.2) is 41.8 Å². The quantitative estimate of drug-likeness (QED) is 0.508. The fraction of sp³-hybridized carbons (Fsp3) is 0.385. The Morgan fingerprint density at radius 2 is 2.14 bits per heavy atom. The molecule has 1 atom stereocenters. The van der Waals surface area contributed by atoms with E-state index >= 15 is 0 Å². The van der Waals surface area contributed by atoms with E-state index in [2.05, 4.69) is 5.32 Å². The molecule has 21 heavy (non-hydrogen) atoms. The standard InChI is InChI=1S/C13H15N3O5/c1-15-12(17)6-4-9(13(15)18)14-8-3-5-10(16(19)20)11(7-8)21-2/h3,5,7,9,14H,4,6H2,1-2H3. The van der Waals surface area contributed by atoms with Gasteiger partial charge in [0.1, 0.15) is 6.04 Å². The maximum Gasteiger partial charge on any atom is 0.311 e. The molecule has 1 fully saturated rings. The van der Waals surface area contributed by atoms with Crippen LogP contribution < -0.4 is 10.1 Å². The number of hydrogen-bond acceptors (Lipinski definition) is 6. The lowest BCUT2D eigenvalue weighted by Gasteiger charge is -2.28. The molecular formula is C13H15N3O5. The highest BCUT2D eigenvalue weighted by Gasteiger charge is 2.31. The third-order valence-corrected chi connectivity index (χ3v) is 3.37. The summed E-state index contributed by atoms with van der Waals surface area (Å²) in [6, 6.07) is 3.74. The van der Waals surface area contributed by atoms with Crippen LogP contribution in [0.5, 0.6) is 5.75 Å². The van der Waals surface area contributed by atoms with Crippen LogP contribution in [0, 0.1) is 10.1 Å². The summed E-state index contributed by atoms with van der Waals surface area (Å²) in [5, 5.41) is 13.8. The highest BCUT2D eigenvalue weighted by Crippen LogP contribution is 2.30. The van der Waals surface area contributed by atoms with Crippen LogP contribution in [0.2, 0.25) is 0 Å². The van der Waals surface area contributed by atoms with E-state index in [0.29, 0.717) is 12.1 Å². The summed E-state index contributed by atoms with van der Waals surface area (Å²) in [7, 11) is 2.78. The topological polar surface area (TPSA) is 102 Å². The molecule has 0 saturated carbocycles. The number of benzene rings is 1. The van der Waals surface area contributed by atoms with E-state index in [0.717, 1.165) is 4.90 Å². The number of ether oxygens (including phenoxy) is 1. The number of nitro groups is 1. The average molecular weight is 293 g/mol. The zero-order valence-corrected chi connectivity index (χ0v) is 11.7. The number of likely N-dealkylation sites (tertiary alicyclic amines) is 1. The van der Waals surface area contributed by atoms with Crippen molar-refractivity contribution in [3.05, 3.63) is 28.3 Å². The van der Waals surface area contributed by atoms with Crippen LogP contribution in [0.4, 0.5) is 11.4 Å². The van der Waals surface area contributed by atoms with E-state index < -0.39 is 11.0 Å². The minimum Gasteiger partial charge on any atom is -0.490 e. The minimum atomic E-state index is -0.541. The van der Waals surface area contributed by atoms with Gasteiger partial charge in [-0.3, -0.25) is 24.6 Å². The Bertz CT molecular complexity index is 601. The normalized spacial score (nSPS) is 18.6. The van der Waals surface area contributed by atoms with Crippen molar-refractivity contribution in [3.63, 3.8) is 0 Å². The second kappa shape index (κ2) is 5.78. The molecule has 1 aromatic rings. The SMILES string of the molecule is COc1cc(NC2CCC(=O)N(C)C2=O)ccc1[N+](=O)[O-]. The van der Waals surface area contributed by atoms with Gasteiger partial charge in [0.15, 0.2) is 5.75 Å². The van der Waals surface area contributed by atoms with Crippen molar-refractivity contribution in [1.29, 1.82) is 0 Å². The molecule has 1 unspecified atom stereocenters. The lowest BCUT2D eigenvalue weighted by Crippen LogP contribution is -2.48. The second-order valence-electron chi connectivity index (χ2n) is 4.67. The first-order chi connectivity index (χ1) is 9.93. The summed E-state index contributed by atoms with van der Waals surface area (Å²) in [5.41, 5.74) is 0.379. The van der Waals surface area contributed by atoms with Gasteiger partial charge in [0.2, 0.25) is 5.91 Å². The van der Waals surface area contributed by atoms with Gasteiger partial charge in [-0.15, -0.1) is 0 Å². The molecule has 0 aromatic heterocycles. The first-order valence-electron chi connectivity index (χ1n) is 6.33. The average Bonchev–Trinajstić information content (AvgIpc) is 2.47. The van der Waals surface area contributed by atoms with Crippen molar-refractivity contribution >= 4 is 23.2 Å². The van der Waals surface area contributed by atoms with Crippen molar-refractivity contribution in [2.75, 3.05) is 19.5 Å². The van der Waals surface area contributed by atoms with E-state index in [1.807, 2.05) is 0 Å². The molecule has 0 bridgehead atoms. The molecule has 8 nitrogen and oxygen atoms in total.